The number of carbonyl (C=O) groups is 2. The number of aryl methyl sites for hydroxylation is 1. The van der Waals surface area contributed by atoms with Gasteiger partial charge < -0.3 is 14.4 Å². The zero-order valence-electron chi connectivity index (χ0n) is 10.7. The molecule has 6 heteroatoms. The molecule has 0 amide bonds. The minimum Gasteiger partial charge on any atom is -0.484 e. The lowest BCUT2D eigenvalue weighted by Gasteiger charge is -2.08. The van der Waals surface area contributed by atoms with Crippen molar-refractivity contribution in [3.05, 3.63) is 52.3 Å². The van der Waals surface area contributed by atoms with Crippen molar-refractivity contribution in [3.8, 4) is 5.75 Å². The van der Waals surface area contributed by atoms with Crippen LogP contribution in [-0.2, 0) is 7.05 Å². The number of carboxylic acids is 1. The van der Waals surface area contributed by atoms with Crippen molar-refractivity contribution in [3.63, 3.8) is 0 Å². The zero-order chi connectivity index (χ0) is 14.7. The average molecular weight is 338 g/mol. The van der Waals surface area contributed by atoms with Crippen LogP contribution in [0.15, 0.2) is 41.0 Å². The molecule has 0 aliphatic carbocycles. The molecule has 0 aliphatic heterocycles. The zero-order valence-corrected chi connectivity index (χ0v) is 12.3. The van der Waals surface area contributed by atoms with Crippen molar-refractivity contribution in [2.75, 3.05) is 6.61 Å². The van der Waals surface area contributed by atoms with Gasteiger partial charge in [-0.05, 0) is 46.3 Å². The summed E-state index contributed by atoms with van der Waals surface area (Å²) in [6.07, 6.45) is 1.78. The van der Waals surface area contributed by atoms with E-state index in [1.54, 1.807) is 29.9 Å². The Morgan fingerprint density at radius 1 is 1.35 bits per heavy atom. The predicted octanol–water partition coefficient (Wildman–Crippen LogP) is 2.75. The lowest BCUT2D eigenvalue weighted by Crippen LogP contribution is -2.15. The summed E-state index contributed by atoms with van der Waals surface area (Å²) in [5.41, 5.74) is 0.710. The molecule has 2 aromatic rings. The molecule has 0 saturated carbocycles. The van der Waals surface area contributed by atoms with E-state index in [0.29, 0.717) is 15.9 Å². The smallest absolute Gasteiger partial charge is 0.335 e. The summed E-state index contributed by atoms with van der Waals surface area (Å²) in [5, 5.41) is 8.86. The summed E-state index contributed by atoms with van der Waals surface area (Å²) >= 11 is 3.22. The Morgan fingerprint density at radius 2 is 2.10 bits per heavy atom. The quantitative estimate of drug-likeness (QED) is 0.851. The monoisotopic (exact) mass is 337 g/mol. The molecule has 20 heavy (non-hydrogen) atoms. The molecule has 0 radical (unpaired) electrons. The van der Waals surface area contributed by atoms with Gasteiger partial charge in [-0.1, -0.05) is 0 Å². The third-order valence-electron chi connectivity index (χ3n) is 2.77. The van der Waals surface area contributed by atoms with Gasteiger partial charge in [0.25, 0.3) is 0 Å². The van der Waals surface area contributed by atoms with Crippen LogP contribution in [0.1, 0.15) is 20.8 Å². The van der Waals surface area contributed by atoms with E-state index in [4.69, 9.17) is 9.84 Å². The van der Waals surface area contributed by atoms with Crippen LogP contribution in [0.25, 0.3) is 0 Å². The highest BCUT2D eigenvalue weighted by Crippen LogP contribution is 2.26. The van der Waals surface area contributed by atoms with Crippen LogP contribution < -0.4 is 4.74 Å². The van der Waals surface area contributed by atoms with Crippen molar-refractivity contribution < 1.29 is 19.4 Å². The standard InChI is InChI=1S/C14H12BrNO4/c1-16-6-2-3-11(16)12(17)8-20-13-5-4-9(14(18)19)7-10(13)15/h2-7H,8H2,1H3,(H,18,19). The van der Waals surface area contributed by atoms with E-state index in [0.717, 1.165) is 0 Å². The summed E-state index contributed by atoms with van der Waals surface area (Å²) in [6, 6.07) is 7.88. The van der Waals surface area contributed by atoms with Crippen LogP contribution in [0.3, 0.4) is 0 Å². The number of benzene rings is 1. The molecule has 1 heterocycles. The maximum atomic E-state index is 11.9. The maximum absolute atomic E-state index is 11.9. The number of carbonyl (C=O) groups excluding carboxylic acids is 1. The fraction of sp³-hybridized carbons (Fsp3) is 0.143. The second-order valence-electron chi connectivity index (χ2n) is 4.17. The first-order valence-corrected chi connectivity index (χ1v) is 6.58. The number of Topliss-reactive ketones (excluding diaryl/α,β-unsaturated/α-hetero) is 1. The number of hydrogen-bond donors (Lipinski definition) is 1. The SMILES string of the molecule is Cn1cccc1C(=O)COc1ccc(C(=O)O)cc1Br. The van der Waals surface area contributed by atoms with E-state index in [-0.39, 0.29) is 18.0 Å². The summed E-state index contributed by atoms with van der Waals surface area (Å²) in [6.45, 7) is -0.108. The van der Waals surface area contributed by atoms with Crippen molar-refractivity contribution in [1.82, 2.24) is 4.57 Å². The Kier molecular flexibility index (Phi) is 4.24. The Morgan fingerprint density at radius 3 is 2.65 bits per heavy atom. The summed E-state index contributed by atoms with van der Waals surface area (Å²) in [4.78, 5) is 22.7. The highest BCUT2D eigenvalue weighted by Gasteiger charge is 2.12. The second kappa shape index (κ2) is 5.92. The van der Waals surface area contributed by atoms with Gasteiger partial charge in [-0.25, -0.2) is 4.79 Å². The highest BCUT2D eigenvalue weighted by molar-refractivity contribution is 9.10. The summed E-state index contributed by atoms with van der Waals surface area (Å²) in [7, 11) is 1.78. The Bertz CT molecular complexity index is 663. The van der Waals surface area contributed by atoms with Gasteiger partial charge in [0, 0.05) is 13.2 Å². The van der Waals surface area contributed by atoms with Crippen LogP contribution in [-0.4, -0.2) is 28.0 Å². The van der Waals surface area contributed by atoms with Gasteiger partial charge in [0.15, 0.2) is 6.61 Å². The van der Waals surface area contributed by atoms with Gasteiger partial charge in [0.1, 0.15) is 5.75 Å². The van der Waals surface area contributed by atoms with E-state index >= 15 is 0 Å². The number of aromatic carboxylic acids is 1. The number of aromatic nitrogens is 1. The van der Waals surface area contributed by atoms with E-state index in [2.05, 4.69) is 15.9 Å². The third kappa shape index (κ3) is 3.08. The Balaban J connectivity index is 2.06. The predicted molar refractivity (Wildman–Crippen MR) is 76.3 cm³/mol. The molecule has 104 valence electrons. The number of halogens is 1. The van der Waals surface area contributed by atoms with Crippen molar-refractivity contribution in [2.45, 2.75) is 0 Å². The molecule has 5 nitrogen and oxygen atoms in total. The van der Waals surface area contributed by atoms with Crippen molar-refractivity contribution in [1.29, 1.82) is 0 Å². The van der Waals surface area contributed by atoms with Gasteiger partial charge in [0.2, 0.25) is 5.78 Å². The summed E-state index contributed by atoms with van der Waals surface area (Å²) in [5.74, 6) is -0.735. The molecular formula is C14H12BrNO4. The van der Waals surface area contributed by atoms with Crippen LogP contribution in [0.5, 0.6) is 5.75 Å². The van der Waals surface area contributed by atoms with Gasteiger partial charge >= 0.3 is 5.97 Å². The largest absolute Gasteiger partial charge is 0.484 e. The van der Waals surface area contributed by atoms with E-state index in [1.165, 1.54) is 18.2 Å². The summed E-state index contributed by atoms with van der Waals surface area (Å²) < 4.78 is 7.62. The first-order chi connectivity index (χ1) is 9.49. The van der Waals surface area contributed by atoms with Crippen LogP contribution in [0, 0.1) is 0 Å². The van der Waals surface area contributed by atoms with Crippen LogP contribution in [0.4, 0.5) is 0 Å². The molecule has 0 fully saturated rings. The molecule has 1 aromatic carbocycles. The number of nitrogens with zero attached hydrogens (tertiary/aromatic N) is 1. The number of ketones is 1. The minimum absolute atomic E-state index is 0.108. The lowest BCUT2D eigenvalue weighted by atomic mass is 10.2. The average Bonchev–Trinajstić information content (AvgIpc) is 2.83. The molecule has 0 atom stereocenters. The molecular weight excluding hydrogens is 326 g/mol. The van der Waals surface area contributed by atoms with Gasteiger partial charge in [-0.15, -0.1) is 0 Å². The highest BCUT2D eigenvalue weighted by atomic mass is 79.9. The number of carboxylic acid groups (broad SMARTS) is 1. The van der Waals surface area contributed by atoms with E-state index in [9.17, 15) is 9.59 Å². The van der Waals surface area contributed by atoms with Crippen molar-refractivity contribution in [2.24, 2.45) is 7.05 Å². The second-order valence-corrected chi connectivity index (χ2v) is 5.02. The molecule has 0 bridgehead atoms. The fourth-order valence-electron chi connectivity index (χ4n) is 1.72. The Labute approximate surface area is 123 Å². The molecule has 0 aliphatic rings. The molecule has 0 unspecified atom stereocenters. The Hall–Kier alpha value is -2.08. The minimum atomic E-state index is -1.02. The first kappa shape index (κ1) is 14.3. The number of ether oxygens (including phenoxy) is 1. The number of hydrogen-bond acceptors (Lipinski definition) is 3. The fourth-order valence-corrected chi connectivity index (χ4v) is 2.21. The molecule has 0 saturated heterocycles. The lowest BCUT2D eigenvalue weighted by molar-refractivity contribution is 0.0696. The molecule has 2 rings (SSSR count). The van der Waals surface area contributed by atoms with Crippen molar-refractivity contribution >= 4 is 27.7 Å². The van der Waals surface area contributed by atoms with Crippen LogP contribution >= 0.6 is 15.9 Å². The topological polar surface area (TPSA) is 68.5 Å². The van der Waals surface area contributed by atoms with E-state index < -0.39 is 5.97 Å². The van der Waals surface area contributed by atoms with Gasteiger partial charge in [0.05, 0.1) is 15.7 Å². The molecule has 1 aromatic heterocycles. The third-order valence-corrected chi connectivity index (χ3v) is 3.39. The van der Waals surface area contributed by atoms with Gasteiger partial charge in [-0.2, -0.15) is 0 Å². The van der Waals surface area contributed by atoms with Gasteiger partial charge in [-0.3, -0.25) is 4.79 Å². The van der Waals surface area contributed by atoms with Crippen LogP contribution in [0.2, 0.25) is 0 Å². The first-order valence-electron chi connectivity index (χ1n) is 5.79. The molecule has 1 N–H and O–H groups in total. The molecule has 0 spiro atoms. The normalized spacial score (nSPS) is 10.3. The van der Waals surface area contributed by atoms with E-state index in [1.807, 2.05) is 0 Å². The maximum Gasteiger partial charge on any atom is 0.335 e. The number of rotatable bonds is 5.